The lowest BCUT2D eigenvalue weighted by Crippen LogP contribution is -2.19. The van der Waals surface area contributed by atoms with Crippen molar-refractivity contribution in [2.24, 2.45) is 4.99 Å². The fourth-order valence-corrected chi connectivity index (χ4v) is 4.64. The van der Waals surface area contributed by atoms with E-state index in [1.54, 1.807) is 7.11 Å². The molecule has 0 radical (unpaired) electrons. The van der Waals surface area contributed by atoms with Gasteiger partial charge in [0.15, 0.2) is 5.17 Å². The van der Waals surface area contributed by atoms with Crippen molar-refractivity contribution in [3.63, 3.8) is 0 Å². The van der Waals surface area contributed by atoms with Crippen molar-refractivity contribution in [2.45, 2.75) is 27.7 Å². The summed E-state index contributed by atoms with van der Waals surface area (Å²) in [7, 11) is 1.63. The van der Waals surface area contributed by atoms with Crippen LogP contribution in [0.1, 0.15) is 28.1 Å². The zero-order valence-electron chi connectivity index (χ0n) is 18.3. The van der Waals surface area contributed by atoms with E-state index in [0.717, 1.165) is 34.1 Å². The molecule has 0 aliphatic carbocycles. The van der Waals surface area contributed by atoms with Crippen LogP contribution < -0.4 is 10.1 Å². The molecular formula is C25H25N3O2S. The lowest BCUT2D eigenvalue weighted by Gasteiger charge is -2.12. The van der Waals surface area contributed by atoms with Crippen molar-refractivity contribution in [1.29, 1.82) is 0 Å². The predicted octanol–water partition coefficient (Wildman–Crippen LogP) is 5.61. The number of nitrogens with zero attached hydrogens (tertiary/aromatic N) is 2. The van der Waals surface area contributed by atoms with Gasteiger partial charge in [0, 0.05) is 17.1 Å². The first-order chi connectivity index (χ1) is 14.8. The van der Waals surface area contributed by atoms with Crippen molar-refractivity contribution < 1.29 is 9.53 Å². The molecule has 2 heterocycles. The van der Waals surface area contributed by atoms with Crippen molar-refractivity contribution >= 4 is 34.6 Å². The number of nitrogens with one attached hydrogen (secondary N) is 1. The number of aliphatic imine (C=N–C) groups is 1. The Hall–Kier alpha value is -3.25. The smallest absolute Gasteiger partial charge is 0.264 e. The van der Waals surface area contributed by atoms with E-state index in [1.165, 1.54) is 22.9 Å². The molecule has 1 fully saturated rings. The van der Waals surface area contributed by atoms with Gasteiger partial charge in [0.05, 0.1) is 17.7 Å². The summed E-state index contributed by atoms with van der Waals surface area (Å²) in [4.78, 5) is 17.7. The van der Waals surface area contributed by atoms with Crippen LogP contribution in [0.15, 0.2) is 58.4 Å². The van der Waals surface area contributed by atoms with Crippen LogP contribution in [-0.2, 0) is 4.79 Å². The largest absolute Gasteiger partial charge is 0.497 e. The van der Waals surface area contributed by atoms with Crippen molar-refractivity contribution in [3.8, 4) is 11.4 Å². The van der Waals surface area contributed by atoms with Gasteiger partial charge in [-0.1, -0.05) is 6.07 Å². The molecule has 3 aromatic rings. The Balaban J connectivity index is 1.63. The Bertz CT molecular complexity index is 1200. The van der Waals surface area contributed by atoms with Gasteiger partial charge in [0.1, 0.15) is 5.75 Å². The van der Waals surface area contributed by atoms with Crippen LogP contribution in [-0.4, -0.2) is 22.8 Å². The van der Waals surface area contributed by atoms with Crippen LogP contribution in [0.3, 0.4) is 0 Å². The van der Waals surface area contributed by atoms with Gasteiger partial charge in [-0.15, -0.1) is 0 Å². The maximum Gasteiger partial charge on any atom is 0.264 e. The zero-order valence-corrected chi connectivity index (χ0v) is 19.1. The molecule has 1 aliphatic rings. The number of rotatable bonds is 4. The molecule has 0 spiro atoms. The second kappa shape index (κ2) is 8.47. The lowest BCUT2D eigenvalue weighted by molar-refractivity contribution is -0.115. The SMILES string of the molecule is COc1ccc(N=C2NC(=O)/C(=C\c3cc(C)n(-c4cc(C)cc(C)c4)c3C)S2)cc1. The van der Waals surface area contributed by atoms with E-state index in [0.29, 0.717) is 10.1 Å². The monoisotopic (exact) mass is 431 g/mol. The molecule has 0 bridgehead atoms. The molecular weight excluding hydrogens is 406 g/mol. The maximum atomic E-state index is 12.5. The lowest BCUT2D eigenvalue weighted by atomic mass is 10.1. The molecule has 4 rings (SSSR count). The standard InChI is InChI=1S/C25H25N3O2S/c1-15-10-16(2)12-21(11-15)28-17(3)13-19(18(28)4)14-23-24(29)27-25(31-23)26-20-6-8-22(30-5)9-7-20/h6-14H,1-5H3,(H,26,27,29)/b23-14+. The van der Waals surface area contributed by atoms with Gasteiger partial charge >= 0.3 is 0 Å². The van der Waals surface area contributed by atoms with E-state index in [4.69, 9.17) is 4.74 Å². The number of aromatic nitrogens is 1. The first kappa shape index (κ1) is 21.0. The summed E-state index contributed by atoms with van der Waals surface area (Å²) in [5, 5.41) is 3.43. The van der Waals surface area contributed by atoms with E-state index in [2.05, 4.69) is 66.8 Å². The minimum Gasteiger partial charge on any atom is -0.497 e. The molecule has 1 saturated heterocycles. The van der Waals surface area contributed by atoms with E-state index < -0.39 is 0 Å². The molecule has 0 atom stereocenters. The third kappa shape index (κ3) is 4.44. The zero-order chi connectivity index (χ0) is 22.1. The molecule has 158 valence electrons. The summed E-state index contributed by atoms with van der Waals surface area (Å²) in [5.74, 6) is 0.639. The van der Waals surface area contributed by atoms with Crippen molar-refractivity contribution in [2.75, 3.05) is 7.11 Å². The normalized spacial score (nSPS) is 16.2. The summed E-state index contributed by atoms with van der Waals surface area (Å²) >= 11 is 1.35. The van der Waals surface area contributed by atoms with Crippen molar-refractivity contribution in [3.05, 3.63) is 81.5 Å². The quantitative estimate of drug-likeness (QED) is 0.546. The third-order valence-electron chi connectivity index (χ3n) is 5.18. The molecule has 5 nitrogen and oxygen atoms in total. The molecule has 1 aliphatic heterocycles. The second-order valence-corrected chi connectivity index (χ2v) is 8.72. The fourth-order valence-electron chi connectivity index (χ4n) is 3.81. The number of hydrogen-bond donors (Lipinski definition) is 1. The van der Waals surface area contributed by atoms with Crippen LogP contribution in [0.2, 0.25) is 0 Å². The second-order valence-electron chi connectivity index (χ2n) is 7.69. The van der Waals surface area contributed by atoms with Gasteiger partial charge in [0.25, 0.3) is 5.91 Å². The minimum absolute atomic E-state index is 0.131. The number of aryl methyl sites for hydroxylation is 3. The van der Waals surface area contributed by atoms with Crippen LogP contribution in [0, 0.1) is 27.7 Å². The molecule has 0 unspecified atom stereocenters. The Morgan fingerprint density at radius 1 is 1.00 bits per heavy atom. The number of methoxy groups -OCH3 is 1. The fraction of sp³-hybridized carbons (Fsp3) is 0.200. The minimum atomic E-state index is -0.131. The number of ether oxygens (including phenoxy) is 1. The predicted molar refractivity (Wildman–Crippen MR) is 129 cm³/mol. The number of carbonyl (C=O) groups excluding carboxylic acids is 1. The highest BCUT2D eigenvalue weighted by molar-refractivity contribution is 8.18. The molecule has 1 N–H and O–H groups in total. The molecule has 0 saturated carbocycles. The number of carbonyl (C=O) groups is 1. The van der Waals surface area contributed by atoms with Gasteiger partial charge < -0.3 is 14.6 Å². The highest BCUT2D eigenvalue weighted by atomic mass is 32.2. The Morgan fingerprint density at radius 3 is 2.32 bits per heavy atom. The van der Waals surface area contributed by atoms with Crippen LogP contribution >= 0.6 is 11.8 Å². The average molecular weight is 432 g/mol. The highest BCUT2D eigenvalue weighted by Crippen LogP contribution is 2.31. The van der Waals surface area contributed by atoms with Crippen molar-refractivity contribution in [1.82, 2.24) is 9.88 Å². The topological polar surface area (TPSA) is 55.6 Å². The summed E-state index contributed by atoms with van der Waals surface area (Å²) in [5.41, 5.74) is 7.62. The van der Waals surface area contributed by atoms with Gasteiger partial charge in [-0.2, -0.15) is 0 Å². The number of thioether (sulfide) groups is 1. The number of benzene rings is 2. The number of hydrogen-bond acceptors (Lipinski definition) is 4. The molecule has 2 aromatic carbocycles. The molecule has 6 heteroatoms. The van der Waals surface area contributed by atoms with Gasteiger partial charge in [-0.05, 0) is 105 Å². The first-order valence-corrected chi connectivity index (χ1v) is 10.9. The molecule has 1 amide bonds. The van der Waals surface area contributed by atoms with E-state index in [-0.39, 0.29) is 5.91 Å². The number of amidine groups is 1. The Morgan fingerprint density at radius 2 is 1.68 bits per heavy atom. The summed E-state index contributed by atoms with van der Waals surface area (Å²) in [6, 6.07) is 16.1. The molecule has 1 aromatic heterocycles. The van der Waals surface area contributed by atoms with Crippen LogP contribution in [0.25, 0.3) is 11.8 Å². The highest BCUT2D eigenvalue weighted by Gasteiger charge is 2.24. The van der Waals surface area contributed by atoms with Gasteiger partial charge in [-0.3, -0.25) is 4.79 Å². The Labute approximate surface area is 186 Å². The van der Waals surface area contributed by atoms with E-state index >= 15 is 0 Å². The van der Waals surface area contributed by atoms with Gasteiger partial charge in [-0.25, -0.2) is 4.99 Å². The maximum absolute atomic E-state index is 12.5. The summed E-state index contributed by atoms with van der Waals surface area (Å²) < 4.78 is 7.41. The van der Waals surface area contributed by atoms with E-state index in [9.17, 15) is 4.79 Å². The van der Waals surface area contributed by atoms with Crippen LogP contribution in [0.5, 0.6) is 5.75 Å². The number of amides is 1. The van der Waals surface area contributed by atoms with E-state index in [1.807, 2.05) is 30.3 Å². The summed E-state index contributed by atoms with van der Waals surface area (Å²) in [6.07, 6.45) is 1.94. The molecule has 31 heavy (non-hydrogen) atoms. The average Bonchev–Trinajstić information content (AvgIpc) is 3.20. The van der Waals surface area contributed by atoms with Crippen LogP contribution in [0.4, 0.5) is 5.69 Å². The van der Waals surface area contributed by atoms with Gasteiger partial charge in [0.2, 0.25) is 0 Å². The summed E-state index contributed by atoms with van der Waals surface area (Å²) in [6.45, 7) is 8.39. The first-order valence-electron chi connectivity index (χ1n) is 10.1. The third-order valence-corrected chi connectivity index (χ3v) is 6.09. The Kier molecular flexibility index (Phi) is 5.74.